The van der Waals surface area contributed by atoms with Crippen LogP contribution in [0.2, 0.25) is 0 Å². The van der Waals surface area contributed by atoms with Crippen LogP contribution < -0.4 is 16.0 Å². The van der Waals surface area contributed by atoms with Crippen LogP contribution >= 0.6 is 0 Å². The van der Waals surface area contributed by atoms with Crippen LogP contribution in [0.25, 0.3) is 0 Å². The number of carbonyl (C=O) groups is 4. The number of imide groups is 1. The maximum atomic E-state index is 12.6. The Hall–Kier alpha value is -3.10. The molecule has 0 aromatic heterocycles. The Morgan fingerprint density at radius 2 is 1.81 bits per heavy atom. The van der Waals surface area contributed by atoms with E-state index in [0.717, 1.165) is 18.4 Å². The van der Waals surface area contributed by atoms with Gasteiger partial charge in [0.25, 0.3) is 5.91 Å². The van der Waals surface area contributed by atoms with E-state index in [1.165, 1.54) is 4.90 Å². The van der Waals surface area contributed by atoms with E-state index in [1.54, 1.807) is 11.9 Å². The average molecular weight is 430 g/mol. The summed E-state index contributed by atoms with van der Waals surface area (Å²) in [6.45, 7) is 1.38. The van der Waals surface area contributed by atoms with E-state index in [4.69, 9.17) is 0 Å². The van der Waals surface area contributed by atoms with Crippen molar-refractivity contribution in [3.8, 4) is 0 Å². The van der Waals surface area contributed by atoms with Gasteiger partial charge in [-0.2, -0.15) is 0 Å². The molecule has 1 aromatic rings. The first-order valence-corrected chi connectivity index (χ1v) is 10.8. The van der Waals surface area contributed by atoms with Gasteiger partial charge in [-0.25, -0.2) is 9.59 Å². The highest BCUT2D eigenvalue weighted by Crippen LogP contribution is 2.34. The second-order valence-corrected chi connectivity index (χ2v) is 8.20. The second kappa shape index (κ2) is 10.3. The summed E-state index contributed by atoms with van der Waals surface area (Å²) in [4.78, 5) is 51.6. The fourth-order valence-corrected chi connectivity index (χ4v) is 4.10. The van der Waals surface area contributed by atoms with E-state index in [1.807, 2.05) is 30.3 Å². The van der Waals surface area contributed by atoms with Crippen molar-refractivity contribution in [2.75, 3.05) is 26.7 Å². The Bertz CT molecular complexity index is 807. The molecule has 1 aliphatic heterocycles. The van der Waals surface area contributed by atoms with Crippen molar-refractivity contribution in [3.05, 3.63) is 35.9 Å². The van der Waals surface area contributed by atoms with Crippen LogP contribution in [-0.4, -0.2) is 65.9 Å². The summed E-state index contributed by atoms with van der Waals surface area (Å²) in [7, 11) is 1.70. The highest BCUT2D eigenvalue weighted by atomic mass is 16.2. The lowest BCUT2D eigenvalue weighted by molar-refractivity contribution is -0.131. The van der Waals surface area contributed by atoms with Crippen LogP contribution in [0, 0.1) is 0 Å². The Kier molecular flexibility index (Phi) is 7.49. The fourth-order valence-electron chi connectivity index (χ4n) is 4.10. The summed E-state index contributed by atoms with van der Waals surface area (Å²) >= 11 is 0. The van der Waals surface area contributed by atoms with Gasteiger partial charge < -0.3 is 20.9 Å². The Balaban J connectivity index is 1.28. The third-order valence-corrected chi connectivity index (χ3v) is 5.82. The predicted molar refractivity (Wildman–Crippen MR) is 115 cm³/mol. The van der Waals surface area contributed by atoms with Gasteiger partial charge in [-0.05, 0) is 24.8 Å². The molecular weight excluding hydrogens is 398 g/mol. The highest BCUT2D eigenvalue weighted by molar-refractivity contribution is 6.07. The monoisotopic (exact) mass is 429 g/mol. The molecule has 9 heteroatoms. The molecule has 1 spiro atoms. The molecule has 9 nitrogen and oxygen atoms in total. The van der Waals surface area contributed by atoms with E-state index in [0.29, 0.717) is 32.4 Å². The molecule has 1 aromatic carbocycles. The van der Waals surface area contributed by atoms with Crippen molar-refractivity contribution < 1.29 is 19.2 Å². The summed E-state index contributed by atoms with van der Waals surface area (Å²) < 4.78 is 0. The van der Waals surface area contributed by atoms with Gasteiger partial charge in [0.15, 0.2) is 0 Å². The van der Waals surface area contributed by atoms with Crippen LogP contribution in [0.3, 0.4) is 0 Å². The Morgan fingerprint density at radius 1 is 1.10 bits per heavy atom. The van der Waals surface area contributed by atoms with Crippen LogP contribution in [0.15, 0.2) is 30.3 Å². The van der Waals surface area contributed by atoms with E-state index in [-0.39, 0.29) is 43.4 Å². The molecule has 0 atom stereocenters. The molecule has 0 bridgehead atoms. The van der Waals surface area contributed by atoms with E-state index < -0.39 is 5.54 Å². The number of nitrogens with zero attached hydrogens (tertiary/aromatic N) is 2. The lowest BCUT2D eigenvalue weighted by Gasteiger charge is -2.20. The zero-order chi connectivity index (χ0) is 22.3. The van der Waals surface area contributed by atoms with Gasteiger partial charge in [0.2, 0.25) is 5.91 Å². The van der Waals surface area contributed by atoms with Crippen molar-refractivity contribution in [1.29, 1.82) is 0 Å². The number of urea groups is 2. The van der Waals surface area contributed by atoms with Gasteiger partial charge in [-0.1, -0.05) is 43.2 Å². The molecule has 3 N–H and O–H groups in total. The molecule has 31 heavy (non-hydrogen) atoms. The van der Waals surface area contributed by atoms with Gasteiger partial charge in [-0.3, -0.25) is 14.5 Å². The molecule has 1 saturated carbocycles. The van der Waals surface area contributed by atoms with Crippen LogP contribution in [-0.2, 0) is 16.1 Å². The highest BCUT2D eigenvalue weighted by Gasteiger charge is 2.51. The first-order chi connectivity index (χ1) is 14.9. The largest absolute Gasteiger partial charge is 0.356 e. The maximum Gasteiger partial charge on any atom is 0.325 e. The van der Waals surface area contributed by atoms with Gasteiger partial charge in [-0.15, -0.1) is 0 Å². The SMILES string of the molecule is CN(Cc1ccccc1)C(=O)NCCC(=O)NCCCN1C(=O)NC2(CCCC2)C1=O. The minimum atomic E-state index is -0.688. The number of carbonyl (C=O) groups excluding carboxylic acids is 4. The van der Waals surface area contributed by atoms with Gasteiger partial charge >= 0.3 is 12.1 Å². The fraction of sp³-hybridized carbons (Fsp3) is 0.545. The maximum absolute atomic E-state index is 12.6. The summed E-state index contributed by atoms with van der Waals surface area (Å²) in [6, 6.07) is 9.09. The third-order valence-electron chi connectivity index (χ3n) is 5.82. The zero-order valence-corrected chi connectivity index (χ0v) is 18.0. The molecule has 168 valence electrons. The van der Waals surface area contributed by atoms with Gasteiger partial charge in [0.05, 0.1) is 0 Å². The van der Waals surface area contributed by atoms with Gasteiger partial charge in [0.1, 0.15) is 5.54 Å². The minimum Gasteiger partial charge on any atom is -0.356 e. The van der Waals surface area contributed by atoms with Crippen molar-refractivity contribution in [3.63, 3.8) is 0 Å². The van der Waals surface area contributed by atoms with Crippen LogP contribution in [0.5, 0.6) is 0 Å². The molecule has 0 radical (unpaired) electrons. The molecule has 6 amide bonds. The molecule has 2 aliphatic rings. The molecule has 1 aliphatic carbocycles. The molecule has 2 fully saturated rings. The minimum absolute atomic E-state index is 0.135. The van der Waals surface area contributed by atoms with Crippen LogP contribution in [0.4, 0.5) is 9.59 Å². The molecule has 1 saturated heterocycles. The van der Waals surface area contributed by atoms with E-state index >= 15 is 0 Å². The van der Waals surface area contributed by atoms with Crippen molar-refractivity contribution in [2.24, 2.45) is 0 Å². The summed E-state index contributed by atoms with van der Waals surface area (Å²) in [5, 5.41) is 8.34. The zero-order valence-electron chi connectivity index (χ0n) is 18.0. The smallest absolute Gasteiger partial charge is 0.325 e. The Morgan fingerprint density at radius 3 is 2.52 bits per heavy atom. The number of nitrogens with one attached hydrogen (secondary N) is 3. The Labute approximate surface area is 182 Å². The lowest BCUT2D eigenvalue weighted by atomic mass is 9.98. The summed E-state index contributed by atoms with van der Waals surface area (Å²) in [5.41, 5.74) is 0.341. The molecular formula is C22H31N5O4. The number of amides is 6. The topological polar surface area (TPSA) is 111 Å². The second-order valence-electron chi connectivity index (χ2n) is 8.20. The first kappa shape index (κ1) is 22.6. The molecule has 0 unspecified atom stereocenters. The quantitative estimate of drug-likeness (QED) is 0.409. The average Bonchev–Trinajstić information content (AvgIpc) is 3.31. The summed E-state index contributed by atoms with van der Waals surface area (Å²) in [5.74, 6) is -0.320. The van der Waals surface area contributed by atoms with Gasteiger partial charge in [0, 0.05) is 39.6 Å². The first-order valence-electron chi connectivity index (χ1n) is 10.8. The third kappa shape index (κ3) is 5.74. The van der Waals surface area contributed by atoms with Crippen molar-refractivity contribution >= 4 is 23.9 Å². The molecule has 3 rings (SSSR count). The van der Waals surface area contributed by atoms with E-state index in [9.17, 15) is 19.2 Å². The predicted octanol–water partition coefficient (Wildman–Crippen LogP) is 1.59. The normalized spacial score (nSPS) is 17.0. The number of benzene rings is 1. The summed E-state index contributed by atoms with van der Waals surface area (Å²) in [6.07, 6.45) is 3.97. The molecule has 1 heterocycles. The van der Waals surface area contributed by atoms with Crippen molar-refractivity contribution in [1.82, 2.24) is 25.8 Å². The number of rotatable bonds is 9. The van der Waals surface area contributed by atoms with Crippen LogP contribution in [0.1, 0.15) is 44.1 Å². The van der Waals surface area contributed by atoms with E-state index in [2.05, 4.69) is 16.0 Å². The number of hydrogen-bond donors (Lipinski definition) is 3. The lowest BCUT2D eigenvalue weighted by Crippen LogP contribution is -2.44. The number of hydrogen-bond acceptors (Lipinski definition) is 4. The standard InChI is InChI=1S/C22H31N5O4/c1-26(16-17-8-3-2-4-9-17)20(30)24-14-10-18(28)23-13-7-15-27-19(29)22(25-21(27)31)11-5-6-12-22/h2-4,8-9H,5-7,10-16H2,1H3,(H,23,28)(H,24,30)(H,25,31). The van der Waals surface area contributed by atoms with Crippen molar-refractivity contribution in [2.45, 2.75) is 50.6 Å².